The molecule has 1 heterocycles. The van der Waals surface area contributed by atoms with Gasteiger partial charge in [0.15, 0.2) is 0 Å². The number of halogens is 1. The van der Waals surface area contributed by atoms with Crippen LogP contribution in [0.15, 0.2) is 24.3 Å². The number of amides is 2. The summed E-state index contributed by atoms with van der Waals surface area (Å²) in [4.78, 5) is 27.0. The van der Waals surface area contributed by atoms with Crippen LogP contribution < -0.4 is 0 Å². The van der Waals surface area contributed by atoms with Gasteiger partial charge in [0.25, 0.3) is 0 Å². The molecule has 2 amide bonds. The molecule has 1 aliphatic heterocycles. The number of rotatable bonds is 4. The first-order valence-electron chi connectivity index (χ1n) is 6.92. The lowest BCUT2D eigenvalue weighted by atomic mass is 10.2. The van der Waals surface area contributed by atoms with Gasteiger partial charge in [-0.3, -0.25) is 9.59 Å². The number of nitrogens with zero attached hydrogens (tertiary/aromatic N) is 2. The molecule has 0 aromatic heterocycles. The molecule has 0 aliphatic carbocycles. The molecule has 1 fully saturated rings. The fourth-order valence-electron chi connectivity index (χ4n) is 2.24. The lowest BCUT2D eigenvalue weighted by Gasteiger charge is -2.34. The van der Waals surface area contributed by atoms with Crippen LogP contribution in [0.3, 0.4) is 0 Å². The summed E-state index contributed by atoms with van der Waals surface area (Å²) >= 11 is 7.52. The van der Waals surface area contributed by atoms with Gasteiger partial charge in [0.2, 0.25) is 11.8 Å². The van der Waals surface area contributed by atoms with Crippen LogP contribution in [0.5, 0.6) is 0 Å². The molecule has 4 nitrogen and oxygen atoms in total. The Hall–Kier alpha value is -1.20. The number of thioether (sulfide) groups is 1. The van der Waals surface area contributed by atoms with Crippen LogP contribution in [0.2, 0.25) is 5.02 Å². The van der Waals surface area contributed by atoms with Crippen molar-refractivity contribution in [2.45, 2.75) is 12.7 Å². The van der Waals surface area contributed by atoms with Crippen molar-refractivity contribution in [3.05, 3.63) is 34.9 Å². The monoisotopic (exact) mass is 326 g/mol. The maximum absolute atomic E-state index is 12.1. The molecule has 0 unspecified atom stereocenters. The second-order valence-corrected chi connectivity index (χ2v) is 6.43. The van der Waals surface area contributed by atoms with Crippen molar-refractivity contribution in [3.8, 4) is 0 Å². The highest BCUT2D eigenvalue weighted by Gasteiger charge is 2.21. The second kappa shape index (κ2) is 7.71. The summed E-state index contributed by atoms with van der Waals surface area (Å²) in [6.07, 6.45) is 0. The van der Waals surface area contributed by atoms with E-state index < -0.39 is 0 Å². The van der Waals surface area contributed by atoms with Gasteiger partial charge in [-0.15, -0.1) is 11.8 Å². The van der Waals surface area contributed by atoms with Gasteiger partial charge in [-0.05, 0) is 17.7 Å². The molecule has 114 valence electrons. The van der Waals surface area contributed by atoms with Gasteiger partial charge < -0.3 is 9.80 Å². The maximum Gasteiger partial charge on any atom is 0.232 e. The molecular weight excluding hydrogens is 308 g/mol. The predicted octanol–water partition coefficient (Wildman–Crippen LogP) is 2.26. The van der Waals surface area contributed by atoms with E-state index in [0.717, 1.165) is 16.3 Å². The number of hydrogen-bond acceptors (Lipinski definition) is 3. The number of hydrogen-bond donors (Lipinski definition) is 0. The summed E-state index contributed by atoms with van der Waals surface area (Å²) in [6, 6.07) is 7.69. The standard InChI is InChI=1S/C15H19ClN2O2S/c1-12(19)17-5-7-18(8-6-17)15(20)11-21-10-13-3-2-4-14(16)9-13/h2-4,9H,5-8,10-11H2,1H3. The van der Waals surface area contributed by atoms with E-state index >= 15 is 0 Å². The first-order valence-corrected chi connectivity index (χ1v) is 8.45. The average molecular weight is 327 g/mol. The van der Waals surface area contributed by atoms with E-state index in [1.807, 2.05) is 29.2 Å². The highest BCUT2D eigenvalue weighted by Crippen LogP contribution is 2.17. The maximum atomic E-state index is 12.1. The zero-order chi connectivity index (χ0) is 15.2. The number of piperazine rings is 1. The van der Waals surface area contributed by atoms with Crippen molar-refractivity contribution >= 4 is 35.2 Å². The number of carbonyl (C=O) groups is 2. The third-order valence-corrected chi connectivity index (χ3v) is 4.68. The van der Waals surface area contributed by atoms with Crippen LogP contribution in [0.25, 0.3) is 0 Å². The number of benzene rings is 1. The van der Waals surface area contributed by atoms with Crippen molar-refractivity contribution in [3.63, 3.8) is 0 Å². The molecule has 0 saturated carbocycles. The second-order valence-electron chi connectivity index (χ2n) is 5.01. The summed E-state index contributed by atoms with van der Waals surface area (Å²) in [7, 11) is 0. The van der Waals surface area contributed by atoms with Crippen LogP contribution in [0.4, 0.5) is 0 Å². The Balaban J connectivity index is 1.72. The molecule has 21 heavy (non-hydrogen) atoms. The Bertz CT molecular complexity index is 516. The molecule has 0 radical (unpaired) electrons. The van der Waals surface area contributed by atoms with Crippen LogP contribution in [-0.4, -0.2) is 53.5 Å². The van der Waals surface area contributed by atoms with E-state index in [0.29, 0.717) is 31.9 Å². The fraction of sp³-hybridized carbons (Fsp3) is 0.467. The van der Waals surface area contributed by atoms with Crippen LogP contribution in [-0.2, 0) is 15.3 Å². The van der Waals surface area contributed by atoms with E-state index in [4.69, 9.17) is 11.6 Å². The molecule has 0 spiro atoms. The Morgan fingerprint density at radius 1 is 1.19 bits per heavy atom. The minimum atomic E-state index is 0.0810. The Morgan fingerprint density at radius 3 is 2.48 bits per heavy atom. The largest absolute Gasteiger partial charge is 0.339 e. The highest BCUT2D eigenvalue weighted by molar-refractivity contribution is 7.99. The Morgan fingerprint density at radius 2 is 1.86 bits per heavy atom. The van der Waals surface area contributed by atoms with Crippen LogP contribution >= 0.6 is 23.4 Å². The van der Waals surface area contributed by atoms with E-state index in [-0.39, 0.29) is 11.8 Å². The third-order valence-electron chi connectivity index (χ3n) is 3.46. The van der Waals surface area contributed by atoms with Crippen LogP contribution in [0.1, 0.15) is 12.5 Å². The van der Waals surface area contributed by atoms with E-state index in [9.17, 15) is 9.59 Å². The molecule has 1 aromatic carbocycles. The van der Waals surface area contributed by atoms with Crippen molar-refractivity contribution < 1.29 is 9.59 Å². The summed E-state index contributed by atoms with van der Waals surface area (Å²) in [5.41, 5.74) is 1.13. The molecule has 1 saturated heterocycles. The molecule has 1 aromatic rings. The average Bonchev–Trinajstić information content (AvgIpc) is 2.47. The number of carbonyl (C=O) groups excluding carboxylic acids is 2. The van der Waals surface area contributed by atoms with Crippen LogP contribution in [0, 0.1) is 0 Å². The van der Waals surface area contributed by atoms with Crippen molar-refractivity contribution in [1.29, 1.82) is 0 Å². The SMILES string of the molecule is CC(=O)N1CCN(C(=O)CSCc2cccc(Cl)c2)CC1. The smallest absolute Gasteiger partial charge is 0.232 e. The molecule has 1 aliphatic rings. The van der Waals surface area contributed by atoms with Crippen molar-refractivity contribution in [1.82, 2.24) is 9.80 Å². The van der Waals surface area contributed by atoms with E-state index in [1.165, 1.54) is 0 Å². The molecular formula is C15H19ClN2O2S. The topological polar surface area (TPSA) is 40.6 Å². The summed E-state index contributed by atoms with van der Waals surface area (Å²) in [5.74, 6) is 1.47. The summed E-state index contributed by atoms with van der Waals surface area (Å²) < 4.78 is 0. The van der Waals surface area contributed by atoms with Gasteiger partial charge in [0.05, 0.1) is 5.75 Å². The lowest BCUT2D eigenvalue weighted by molar-refractivity contribution is -0.136. The Kier molecular flexibility index (Phi) is 5.94. The van der Waals surface area contributed by atoms with Gasteiger partial charge >= 0.3 is 0 Å². The first-order chi connectivity index (χ1) is 10.1. The zero-order valence-electron chi connectivity index (χ0n) is 12.0. The van der Waals surface area contributed by atoms with E-state index in [1.54, 1.807) is 23.6 Å². The van der Waals surface area contributed by atoms with E-state index in [2.05, 4.69) is 0 Å². The molecule has 0 atom stereocenters. The fourth-order valence-corrected chi connectivity index (χ4v) is 3.33. The molecule has 6 heteroatoms. The van der Waals surface area contributed by atoms with Gasteiger partial charge in [-0.25, -0.2) is 0 Å². The third kappa shape index (κ3) is 4.93. The normalized spacial score (nSPS) is 15.1. The molecule has 2 rings (SSSR count). The van der Waals surface area contributed by atoms with Gasteiger partial charge in [-0.2, -0.15) is 0 Å². The summed E-state index contributed by atoms with van der Waals surface area (Å²) in [6.45, 7) is 4.12. The first kappa shape index (κ1) is 16.2. The minimum Gasteiger partial charge on any atom is -0.339 e. The molecule has 0 N–H and O–H groups in total. The van der Waals surface area contributed by atoms with Gasteiger partial charge in [0.1, 0.15) is 0 Å². The zero-order valence-corrected chi connectivity index (χ0v) is 13.6. The quantitative estimate of drug-likeness (QED) is 0.852. The molecule has 0 bridgehead atoms. The summed E-state index contributed by atoms with van der Waals surface area (Å²) in [5, 5.41) is 0.722. The van der Waals surface area contributed by atoms with Crippen molar-refractivity contribution in [2.24, 2.45) is 0 Å². The predicted molar refractivity (Wildman–Crippen MR) is 86.4 cm³/mol. The van der Waals surface area contributed by atoms with Gasteiger partial charge in [0, 0.05) is 43.9 Å². The van der Waals surface area contributed by atoms with Crippen molar-refractivity contribution in [2.75, 3.05) is 31.9 Å². The lowest BCUT2D eigenvalue weighted by Crippen LogP contribution is -2.50. The minimum absolute atomic E-state index is 0.0810. The highest BCUT2D eigenvalue weighted by atomic mass is 35.5. The van der Waals surface area contributed by atoms with Gasteiger partial charge in [-0.1, -0.05) is 23.7 Å². The Labute approximate surface area is 134 Å².